The maximum absolute atomic E-state index is 5.19. The lowest BCUT2D eigenvalue weighted by molar-refractivity contribution is 0.308. The van der Waals surface area contributed by atoms with Crippen LogP contribution in [0.4, 0.5) is 0 Å². The molecule has 1 aromatic carbocycles. The Kier molecular flexibility index (Phi) is 5.37. The summed E-state index contributed by atoms with van der Waals surface area (Å²) >= 11 is 0. The van der Waals surface area contributed by atoms with Gasteiger partial charge in [-0.15, -0.1) is 10.2 Å². The molecule has 3 aromatic heterocycles. The average Bonchev–Trinajstić information content (AvgIpc) is 3.27. The van der Waals surface area contributed by atoms with Crippen LogP contribution in [-0.2, 0) is 6.54 Å². The lowest BCUT2D eigenvalue weighted by Gasteiger charge is -2.21. The maximum atomic E-state index is 5.19. The highest BCUT2D eigenvalue weighted by Gasteiger charge is 2.16. The van der Waals surface area contributed by atoms with Crippen molar-refractivity contribution in [2.24, 2.45) is 5.92 Å². The Bertz CT molecular complexity index is 1210. The van der Waals surface area contributed by atoms with Gasteiger partial charge in [0, 0.05) is 46.6 Å². The highest BCUT2D eigenvalue weighted by molar-refractivity contribution is 5.88. The van der Waals surface area contributed by atoms with E-state index < -0.39 is 0 Å². The lowest BCUT2D eigenvalue weighted by atomic mass is 9.89. The van der Waals surface area contributed by atoms with Crippen LogP contribution in [0.3, 0.4) is 0 Å². The SMILES string of the molecule is COc1cc2ccc(-c3nc(C)ccc3-c3cnn(CC4CCCCC4)c3)cc2nn1. The fourth-order valence-corrected chi connectivity index (χ4v) is 4.51. The third-order valence-corrected chi connectivity index (χ3v) is 6.20. The Hall–Kier alpha value is -3.28. The van der Waals surface area contributed by atoms with Gasteiger partial charge in [0.2, 0.25) is 5.88 Å². The monoisotopic (exact) mass is 413 g/mol. The Balaban J connectivity index is 1.50. The van der Waals surface area contributed by atoms with Gasteiger partial charge in [-0.3, -0.25) is 9.67 Å². The molecule has 5 rings (SSSR count). The van der Waals surface area contributed by atoms with Gasteiger partial charge >= 0.3 is 0 Å². The second-order valence-electron chi connectivity index (χ2n) is 8.46. The largest absolute Gasteiger partial charge is 0.480 e. The van der Waals surface area contributed by atoms with Crippen LogP contribution in [-0.4, -0.2) is 32.1 Å². The van der Waals surface area contributed by atoms with Crippen molar-refractivity contribution in [3.05, 3.63) is 54.5 Å². The summed E-state index contributed by atoms with van der Waals surface area (Å²) in [7, 11) is 1.60. The van der Waals surface area contributed by atoms with Gasteiger partial charge in [0.05, 0.1) is 24.5 Å². The van der Waals surface area contributed by atoms with Gasteiger partial charge < -0.3 is 4.74 Å². The number of ether oxygens (including phenoxy) is 1. The molecular formula is C25H27N5O. The Morgan fingerprint density at radius 3 is 2.71 bits per heavy atom. The summed E-state index contributed by atoms with van der Waals surface area (Å²) in [6, 6.07) is 12.3. The van der Waals surface area contributed by atoms with Crippen LogP contribution < -0.4 is 4.74 Å². The molecule has 0 spiro atoms. The molecule has 158 valence electrons. The molecule has 0 bridgehead atoms. The molecule has 6 heteroatoms. The van der Waals surface area contributed by atoms with Crippen molar-refractivity contribution in [1.29, 1.82) is 0 Å². The molecule has 4 aromatic rings. The third-order valence-electron chi connectivity index (χ3n) is 6.20. The number of fused-ring (bicyclic) bond motifs is 1. The minimum Gasteiger partial charge on any atom is -0.480 e. The molecule has 0 amide bonds. The number of nitrogens with zero attached hydrogens (tertiary/aromatic N) is 5. The van der Waals surface area contributed by atoms with Gasteiger partial charge in [-0.25, -0.2) is 0 Å². The predicted molar refractivity (Wildman–Crippen MR) is 122 cm³/mol. The number of hydrogen-bond acceptors (Lipinski definition) is 5. The first-order valence-corrected chi connectivity index (χ1v) is 11.0. The van der Waals surface area contributed by atoms with Gasteiger partial charge in [0.1, 0.15) is 0 Å². The molecule has 1 saturated carbocycles. The van der Waals surface area contributed by atoms with Crippen LogP contribution in [0.2, 0.25) is 0 Å². The fourth-order valence-electron chi connectivity index (χ4n) is 4.51. The first kappa shape index (κ1) is 19.7. The molecule has 0 unspecified atom stereocenters. The van der Waals surface area contributed by atoms with E-state index in [2.05, 4.69) is 44.4 Å². The van der Waals surface area contributed by atoms with Crippen molar-refractivity contribution >= 4 is 10.9 Å². The zero-order valence-corrected chi connectivity index (χ0v) is 18.1. The number of rotatable bonds is 5. The third kappa shape index (κ3) is 4.15. The molecule has 3 heterocycles. The zero-order valence-electron chi connectivity index (χ0n) is 18.1. The average molecular weight is 414 g/mol. The quantitative estimate of drug-likeness (QED) is 0.435. The molecule has 0 radical (unpaired) electrons. The van der Waals surface area contributed by atoms with Gasteiger partial charge in [0.25, 0.3) is 0 Å². The first-order chi connectivity index (χ1) is 15.2. The molecule has 1 aliphatic carbocycles. The van der Waals surface area contributed by atoms with E-state index in [0.29, 0.717) is 5.88 Å². The van der Waals surface area contributed by atoms with E-state index in [0.717, 1.165) is 51.4 Å². The Morgan fingerprint density at radius 1 is 1.00 bits per heavy atom. The molecule has 0 aliphatic heterocycles. The van der Waals surface area contributed by atoms with Gasteiger partial charge in [-0.2, -0.15) is 5.10 Å². The first-order valence-electron chi connectivity index (χ1n) is 11.0. The zero-order chi connectivity index (χ0) is 21.2. The van der Waals surface area contributed by atoms with E-state index in [-0.39, 0.29) is 0 Å². The minimum atomic E-state index is 0.514. The number of aryl methyl sites for hydroxylation is 1. The lowest BCUT2D eigenvalue weighted by Crippen LogP contribution is -2.14. The second kappa shape index (κ2) is 8.46. The summed E-state index contributed by atoms with van der Waals surface area (Å²) in [5.41, 5.74) is 5.94. The van der Waals surface area contributed by atoms with Crippen LogP contribution in [0, 0.1) is 12.8 Å². The molecule has 31 heavy (non-hydrogen) atoms. The van der Waals surface area contributed by atoms with E-state index >= 15 is 0 Å². The highest BCUT2D eigenvalue weighted by Crippen LogP contribution is 2.33. The number of benzene rings is 1. The summed E-state index contributed by atoms with van der Waals surface area (Å²) in [5, 5.41) is 14.1. The molecule has 0 N–H and O–H groups in total. The predicted octanol–water partition coefficient (Wildman–Crippen LogP) is 5.45. The maximum Gasteiger partial charge on any atom is 0.233 e. The highest BCUT2D eigenvalue weighted by atomic mass is 16.5. The summed E-state index contributed by atoms with van der Waals surface area (Å²) in [6.45, 7) is 3.02. The summed E-state index contributed by atoms with van der Waals surface area (Å²) in [4.78, 5) is 4.88. The smallest absolute Gasteiger partial charge is 0.233 e. The Labute approximate surface area is 182 Å². The van der Waals surface area contributed by atoms with Gasteiger partial charge in [-0.1, -0.05) is 37.5 Å². The van der Waals surface area contributed by atoms with Crippen molar-refractivity contribution in [2.45, 2.75) is 45.6 Å². The number of hydrogen-bond donors (Lipinski definition) is 0. The van der Waals surface area contributed by atoms with Crippen molar-refractivity contribution in [3.63, 3.8) is 0 Å². The molecule has 1 aliphatic rings. The van der Waals surface area contributed by atoms with E-state index in [9.17, 15) is 0 Å². The normalized spacial score (nSPS) is 14.8. The molecule has 0 atom stereocenters. The van der Waals surface area contributed by atoms with Crippen LogP contribution in [0.5, 0.6) is 5.88 Å². The second-order valence-corrected chi connectivity index (χ2v) is 8.46. The van der Waals surface area contributed by atoms with Crippen LogP contribution in [0.1, 0.15) is 37.8 Å². The Morgan fingerprint density at radius 2 is 1.87 bits per heavy atom. The molecule has 0 saturated heterocycles. The van der Waals surface area contributed by atoms with Crippen molar-refractivity contribution < 1.29 is 4.74 Å². The van der Waals surface area contributed by atoms with Gasteiger partial charge in [-0.05, 0) is 37.8 Å². The number of methoxy groups -OCH3 is 1. The topological polar surface area (TPSA) is 65.7 Å². The van der Waals surface area contributed by atoms with E-state index in [1.54, 1.807) is 7.11 Å². The summed E-state index contributed by atoms with van der Waals surface area (Å²) in [6.07, 6.45) is 10.8. The number of aromatic nitrogens is 5. The van der Waals surface area contributed by atoms with E-state index in [1.165, 1.54) is 32.1 Å². The van der Waals surface area contributed by atoms with Crippen molar-refractivity contribution in [1.82, 2.24) is 25.0 Å². The van der Waals surface area contributed by atoms with Crippen LogP contribution in [0.25, 0.3) is 33.3 Å². The fraction of sp³-hybridized carbons (Fsp3) is 0.360. The van der Waals surface area contributed by atoms with Crippen LogP contribution in [0.15, 0.2) is 48.8 Å². The van der Waals surface area contributed by atoms with E-state index in [4.69, 9.17) is 9.72 Å². The molecular weight excluding hydrogens is 386 g/mol. The number of pyridine rings is 1. The molecule has 6 nitrogen and oxygen atoms in total. The van der Waals surface area contributed by atoms with E-state index in [1.807, 2.05) is 31.3 Å². The molecule has 1 fully saturated rings. The standard InChI is InChI=1S/C25H27N5O/c1-17-8-11-22(21-14-26-30(16-21)15-18-6-4-3-5-7-18)25(27-17)20-10-9-19-13-24(31-2)29-28-23(19)12-20/h8-14,16,18H,3-7,15H2,1-2H3. The summed E-state index contributed by atoms with van der Waals surface area (Å²) < 4.78 is 7.30. The minimum absolute atomic E-state index is 0.514. The van der Waals surface area contributed by atoms with Crippen LogP contribution >= 0.6 is 0 Å². The van der Waals surface area contributed by atoms with Crippen molar-refractivity contribution in [3.8, 4) is 28.3 Å². The summed E-state index contributed by atoms with van der Waals surface area (Å²) in [5.74, 6) is 1.26. The van der Waals surface area contributed by atoms with Gasteiger partial charge in [0.15, 0.2) is 0 Å². The van der Waals surface area contributed by atoms with Crippen molar-refractivity contribution in [2.75, 3.05) is 7.11 Å².